The van der Waals surface area contributed by atoms with Gasteiger partial charge in [-0.25, -0.2) is 4.79 Å². The van der Waals surface area contributed by atoms with Gasteiger partial charge in [0, 0.05) is 14.1 Å². The number of carbonyl (C=O) groups is 1. The molecule has 0 amide bonds. The van der Waals surface area contributed by atoms with Crippen molar-refractivity contribution in [3.8, 4) is 0 Å². The Morgan fingerprint density at radius 3 is 2.50 bits per heavy atom. The molecular formula is C7H10N2O3. The van der Waals surface area contributed by atoms with Crippen molar-refractivity contribution in [3.63, 3.8) is 0 Å². The third-order valence-corrected chi connectivity index (χ3v) is 1.48. The number of aromatic carboxylic acids is 1. The molecule has 0 saturated heterocycles. The first kappa shape index (κ1) is 8.58. The summed E-state index contributed by atoms with van der Waals surface area (Å²) < 4.78 is 4.75. The normalized spacial score (nSPS) is 9.92. The lowest BCUT2D eigenvalue weighted by Gasteiger charge is -2.07. The SMILES string of the molecule is Cc1onc(N(C)C)c1C(=O)O. The minimum atomic E-state index is -1.02. The smallest absolute Gasteiger partial charge is 0.343 e. The Hall–Kier alpha value is -1.52. The number of aryl methyl sites for hydroxylation is 1. The molecule has 0 bridgehead atoms. The van der Waals surface area contributed by atoms with Crippen LogP contribution < -0.4 is 4.90 Å². The molecular weight excluding hydrogens is 160 g/mol. The van der Waals surface area contributed by atoms with Crippen molar-refractivity contribution in [3.05, 3.63) is 11.3 Å². The molecule has 0 aliphatic heterocycles. The third-order valence-electron chi connectivity index (χ3n) is 1.48. The number of aromatic nitrogens is 1. The summed E-state index contributed by atoms with van der Waals surface area (Å²) in [6, 6.07) is 0. The summed E-state index contributed by atoms with van der Waals surface area (Å²) in [4.78, 5) is 12.3. The van der Waals surface area contributed by atoms with E-state index in [1.807, 2.05) is 0 Å². The molecule has 66 valence electrons. The highest BCUT2D eigenvalue weighted by Gasteiger charge is 2.20. The van der Waals surface area contributed by atoms with Gasteiger partial charge < -0.3 is 14.5 Å². The van der Waals surface area contributed by atoms with Crippen molar-refractivity contribution in [1.82, 2.24) is 5.16 Å². The number of hydrogen-bond acceptors (Lipinski definition) is 4. The summed E-state index contributed by atoms with van der Waals surface area (Å²) in [6.07, 6.45) is 0. The van der Waals surface area contributed by atoms with Crippen LogP contribution in [0.3, 0.4) is 0 Å². The Balaban J connectivity index is 3.21. The molecule has 0 spiro atoms. The Bertz CT molecular complexity index is 304. The van der Waals surface area contributed by atoms with Crippen LogP contribution in [0.2, 0.25) is 0 Å². The van der Waals surface area contributed by atoms with Crippen molar-refractivity contribution in [2.75, 3.05) is 19.0 Å². The van der Waals surface area contributed by atoms with Crippen molar-refractivity contribution < 1.29 is 14.4 Å². The van der Waals surface area contributed by atoms with Crippen molar-refractivity contribution in [2.24, 2.45) is 0 Å². The van der Waals surface area contributed by atoms with Crippen LogP contribution in [0, 0.1) is 6.92 Å². The lowest BCUT2D eigenvalue weighted by atomic mass is 10.2. The van der Waals surface area contributed by atoms with Crippen molar-refractivity contribution >= 4 is 11.8 Å². The van der Waals surface area contributed by atoms with Crippen LogP contribution in [-0.2, 0) is 0 Å². The molecule has 0 aromatic carbocycles. The van der Waals surface area contributed by atoms with Crippen LogP contribution in [0.25, 0.3) is 0 Å². The summed E-state index contributed by atoms with van der Waals surface area (Å²) in [5.41, 5.74) is 0.125. The summed E-state index contributed by atoms with van der Waals surface area (Å²) in [7, 11) is 3.42. The number of carboxylic acids is 1. The highest BCUT2D eigenvalue weighted by molar-refractivity contribution is 5.94. The zero-order chi connectivity index (χ0) is 9.30. The number of nitrogens with zero attached hydrogens (tertiary/aromatic N) is 2. The monoisotopic (exact) mass is 170 g/mol. The Morgan fingerprint density at radius 2 is 2.17 bits per heavy atom. The van der Waals surface area contributed by atoms with Gasteiger partial charge in [-0.2, -0.15) is 0 Å². The molecule has 0 atom stereocenters. The maximum atomic E-state index is 10.7. The maximum absolute atomic E-state index is 10.7. The fourth-order valence-electron chi connectivity index (χ4n) is 0.912. The van der Waals surface area contributed by atoms with E-state index in [1.165, 1.54) is 0 Å². The van der Waals surface area contributed by atoms with Crippen LogP contribution in [-0.4, -0.2) is 30.3 Å². The van der Waals surface area contributed by atoms with E-state index >= 15 is 0 Å². The van der Waals surface area contributed by atoms with E-state index in [0.29, 0.717) is 11.6 Å². The Morgan fingerprint density at radius 1 is 1.58 bits per heavy atom. The largest absolute Gasteiger partial charge is 0.477 e. The van der Waals surface area contributed by atoms with Gasteiger partial charge in [-0.1, -0.05) is 5.16 Å². The van der Waals surface area contributed by atoms with Gasteiger partial charge in [0.25, 0.3) is 0 Å². The molecule has 12 heavy (non-hydrogen) atoms. The molecule has 1 N–H and O–H groups in total. The molecule has 5 heteroatoms. The van der Waals surface area contributed by atoms with E-state index in [4.69, 9.17) is 9.63 Å². The second kappa shape index (κ2) is 2.84. The number of hydrogen-bond donors (Lipinski definition) is 1. The van der Waals surface area contributed by atoms with Gasteiger partial charge in [0.2, 0.25) is 0 Å². The second-order valence-electron chi connectivity index (χ2n) is 2.64. The van der Waals surface area contributed by atoms with E-state index < -0.39 is 5.97 Å². The van der Waals surface area contributed by atoms with E-state index in [9.17, 15) is 4.79 Å². The first-order chi connectivity index (χ1) is 5.54. The number of rotatable bonds is 2. The average molecular weight is 170 g/mol. The van der Waals surface area contributed by atoms with E-state index in [1.54, 1.807) is 25.9 Å². The van der Waals surface area contributed by atoms with Gasteiger partial charge in [0.1, 0.15) is 5.56 Å². The van der Waals surface area contributed by atoms with Gasteiger partial charge in [-0.05, 0) is 6.92 Å². The predicted molar refractivity (Wildman–Crippen MR) is 42.5 cm³/mol. The summed E-state index contributed by atoms with van der Waals surface area (Å²) >= 11 is 0. The molecule has 1 aromatic rings. The van der Waals surface area contributed by atoms with Crippen LogP contribution >= 0.6 is 0 Å². The molecule has 0 saturated carbocycles. The number of anilines is 1. The van der Waals surface area contributed by atoms with Crippen LogP contribution in [0.5, 0.6) is 0 Å². The van der Waals surface area contributed by atoms with Crippen LogP contribution in [0.1, 0.15) is 16.1 Å². The van der Waals surface area contributed by atoms with E-state index in [-0.39, 0.29) is 5.56 Å². The Kier molecular flexibility index (Phi) is 2.03. The van der Waals surface area contributed by atoms with Gasteiger partial charge in [-0.3, -0.25) is 0 Å². The first-order valence-electron chi connectivity index (χ1n) is 3.41. The van der Waals surface area contributed by atoms with Gasteiger partial charge >= 0.3 is 5.97 Å². The minimum Gasteiger partial charge on any atom is -0.477 e. The Labute approximate surface area is 69.6 Å². The lowest BCUT2D eigenvalue weighted by molar-refractivity contribution is 0.0695. The van der Waals surface area contributed by atoms with Gasteiger partial charge in [-0.15, -0.1) is 0 Å². The average Bonchev–Trinajstić information content (AvgIpc) is 2.30. The highest BCUT2D eigenvalue weighted by atomic mass is 16.5. The molecule has 0 aliphatic rings. The third kappa shape index (κ3) is 1.25. The zero-order valence-electron chi connectivity index (χ0n) is 7.16. The zero-order valence-corrected chi connectivity index (χ0v) is 7.16. The fourth-order valence-corrected chi connectivity index (χ4v) is 0.912. The van der Waals surface area contributed by atoms with Crippen LogP contribution in [0.4, 0.5) is 5.82 Å². The van der Waals surface area contributed by atoms with Crippen molar-refractivity contribution in [1.29, 1.82) is 0 Å². The van der Waals surface area contributed by atoms with Gasteiger partial charge in [0.15, 0.2) is 11.6 Å². The lowest BCUT2D eigenvalue weighted by Crippen LogP contribution is -2.13. The summed E-state index contributed by atoms with van der Waals surface area (Å²) in [5.74, 6) is -0.344. The summed E-state index contributed by atoms with van der Waals surface area (Å²) in [6.45, 7) is 1.57. The standard InChI is InChI=1S/C7H10N2O3/c1-4-5(7(10)11)6(8-12-4)9(2)3/h1-3H3,(H,10,11). The fraction of sp³-hybridized carbons (Fsp3) is 0.429. The molecule has 0 unspecified atom stereocenters. The van der Waals surface area contributed by atoms with Crippen LogP contribution in [0.15, 0.2) is 4.52 Å². The quantitative estimate of drug-likeness (QED) is 0.709. The maximum Gasteiger partial charge on any atom is 0.343 e. The molecule has 1 rings (SSSR count). The molecule has 1 heterocycles. The van der Waals surface area contributed by atoms with E-state index in [0.717, 1.165) is 0 Å². The minimum absolute atomic E-state index is 0.125. The summed E-state index contributed by atoms with van der Waals surface area (Å²) in [5, 5.41) is 12.4. The van der Waals surface area contributed by atoms with E-state index in [2.05, 4.69) is 5.16 Å². The topological polar surface area (TPSA) is 66.6 Å². The molecule has 5 nitrogen and oxygen atoms in total. The second-order valence-corrected chi connectivity index (χ2v) is 2.64. The highest BCUT2D eigenvalue weighted by Crippen LogP contribution is 2.19. The molecule has 1 aromatic heterocycles. The predicted octanol–water partition coefficient (Wildman–Crippen LogP) is 0.747. The number of carboxylic acid groups (broad SMARTS) is 1. The molecule has 0 radical (unpaired) electrons. The molecule has 0 fully saturated rings. The first-order valence-corrected chi connectivity index (χ1v) is 3.41. The molecule has 0 aliphatic carbocycles. The van der Waals surface area contributed by atoms with Crippen molar-refractivity contribution in [2.45, 2.75) is 6.92 Å². The van der Waals surface area contributed by atoms with Gasteiger partial charge in [0.05, 0.1) is 0 Å².